The van der Waals surface area contributed by atoms with Gasteiger partial charge >= 0.3 is 5.97 Å². The van der Waals surface area contributed by atoms with Crippen LogP contribution in [0.1, 0.15) is 69.8 Å². The zero-order valence-electron chi connectivity index (χ0n) is 31.7. The second kappa shape index (κ2) is 18.8. The average molecular weight is 812 g/mol. The summed E-state index contributed by atoms with van der Waals surface area (Å²) >= 11 is 0. The number of aliphatic carboxylic acids is 1. The van der Waals surface area contributed by atoms with Crippen LogP contribution >= 0.6 is 10.9 Å². The summed E-state index contributed by atoms with van der Waals surface area (Å²) < 4.78 is 28.8. The fourth-order valence-corrected chi connectivity index (χ4v) is 7.35. The van der Waals surface area contributed by atoms with Crippen molar-refractivity contribution in [3.63, 3.8) is 0 Å². The number of fused-ring (bicyclic) bond motifs is 2. The predicted octanol–water partition coefficient (Wildman–Crippen LogP) is 6.68. The van der Waals surface area contributed by atoms with Crippen LogP contribution in [0.25, 0.3) is 11.0 Å². The van der Waals surface area contributed by atoms with E-state index in [1.165, 1.54) is 18.3 Å². The molecule has 5 aromatic rings. The SMILES string of the molecule is CN(Cc1nc2ccccc2[nH]1)C(=O)c1ccc2c(c1)CN(CCCCCCNC(=O)c1ccc(N=NCc3ccccc3S(O)(O)O)nc1)C(=O)[C@H](CC(=O)O)N2. The Morgan fingerprint density at radius 3 is 2.48 bits per heavy atom. The van der Waals surface area contributed by atoms with Gasteiger partial charge in [-0.1, -0.05) is 43.2 Å². The van der Waals surface area contributed by atoms with E-state index in [1.807, 2.05) is 24.3 Å². The number of carboxylic acids is 1. The summed E-state index contributed by atoms with van der Waals surface area (Å²) in [5, 5.41) is 23.5. The topological polar surface area (TPSA) is 246 Å². The Kier molecular flexibility index (Phi) is 13.4. The number of carbonyl (C=O) groups is 4. The molecule has 58 heavy (non-hydrogen) atoms. The molecule has 7 N–H and O–H groups in total. The lowest BCUT2D eigenvalue weighted by molar-refractivity contribution is -0.141. The number of imidazole rings is 1. The monoisotopic (exact) mass is 811 g/mol. The Balaban J connectivity index is 0.964. The van der Waals surface area contributed by atoms with Crippen molar-refractivity contribution < 1.29 is 37.9 Å². The summed E-state index contributed by atoms with van der Waals surface area (Å²) in [4.78, 5) is 66.5. The number of azo groups is 1. The zero-order valence-corrected chi connectivity index (χ0v) is 32.6. The number of amides is 3. The van der Waals surface area contributed by atoms with E-state index in [9.17, 15) is 37.9 Å². The maximum atomic E-state index is 13.5. The third-order valence-electron chi connectivity index (χ3n) is 9.54. The van der Waals surface area contributed by atoms with Crippen molar-refractivity contribution in [1.82, 2.24) is 30.1 Å². The third-order valence-corrected chi connectivity index (χ3v) is 10.5. The van der Waals surface area contributed by atoms with Crippen molar-refractivity contribution in [3.8, 4) is 0 Å². The molecule has 1 aliphatic rings. The Morgan fingerprint density at radius 2 is 1.72 bits per heavy atom. The van der Waals surface area contributed by atoms with Gasteiger partial charge in [-0.25, -0.2) is 9.97 Å². The molecule has 0 spiro atoms. The maximum absolute atomic E-state index is 13.5. The van der Waals surface area contributed by atoms with E-state index in [1.54, 1.807) is 59.3 Å². The molecule has 0 fully saturated rings. The first-order valence-corrected chi connectivity index (χ1v) is 20.2. The third kappa shape index (κ3) is 10.8. The van der Waals surface area contributed by atoms with Crippen molar-refractivity contribution in [1.29, 1.82) is 0 Å². The van der Waals surface area contributed by atoms with Crippen molar-refractivity contribution in [2.24, 2.45) is 10.2 Å². The number of unbranched alkanes of at least 4 members (excludes halogenated alkanes) is 3. The number of hydrogen-bond donors (Lipinski definition) is 7. The second-order valence-corrected chi connectivity index (χ2v) is 15.4. The number of nitrogens with zero attached hydrogens (tertiary/aromatic N) is 6. The number of hydrogen-bond acceptors (Lipinski definition) is 12. The summed E-state index contributed by atoms with van der Waals surface area (Å²) in [5.41, 5.74) is 4.18. The van der Waals surface area contributed by atoms with E-state index in [0.717, 1.165) is 23.9 Å². The molecule has 0 saturated heterocycles. The largest absolute Gasteiger partial charge is 0.481 e. The molecule has 0 bridgehead atoms. The van der Waals surface area contributed by atoms with Crippen LogP contribution in [0.5, 0.6) is 0 Å². The van der Waals surface area contributed by atoms with Gasteiger partial charge < -0.3 is 44.2 Å². The molecule has 17 nitrogen and oxygen atoms in total. The molecule has 0 aliphatic carbocycles. The van der Waals surface area contributed by atoms with Crippen molar-refractivity contribution in [2.45, 2.75) is 62.7 Å². The number of benzene rings is 3. The molecule has 1 aliphatic heterocycles. The molecule has 0 saturated carbocycles. The molecule has 1 atom stereocenters. The number of anilines is 1. The zero-order chi connectivity index (χ0) is 41.2. The normalized spacial score (nSPS) is 14.5. The number of para-hydroxylation sites is 2. The highest BCUT2D eigenvalue weighted by atomic mass is 32.3. The highest BCUT2D eigenvalue weighted by Gasteiger charge is 2.31. The van der Waals surface area contributed by atoms with Crippen LogP contribution in [0.4, 0.5) is 11.5 Å². The Labute approximate surface area is 335 Å². The average Bonchev–Trinajstić information content (AvgIpc) is 3.56. The first-order chi connectivity index (χ1) is 27.9. The Hall–Kier alpha value is -6.21. The fourth-order valence-electron chi connectivity index (χ4n) is 6.60. The minimum absolute atomic E-state index is 0.0191. The van der Waals surface area contributed by atoms with Gasteiger partial charge in [-0.2, -0.15) is 5.11 Å². The van der Waals surface area contributed by atoms with E-state index in [2.05, 4.69) is 35.8 Å². The highest BCUT2D eigenvalue weighted by molar-refractivity contribution is 8.19. The molecule has 6 rings (SSSR count). The molecule has 3 heterocycles. The van der Waals surface area contributed by atoms with E-state index >= 15 is 0 Å². The van der Waals surface area contributed by atoms with Gasteiger partial charge in [0, 0.05) is 44.1 Å². The summed E-state index contributed by atoms with van der Waals surface area (Å²) in [5.74, 6) is -1.05. The number of carbonyl (C=O) groups excluding carboxylic acids is 3. The van der Waals surface area contributed by atoms with Crippen molar-refractivity contribution in [2.75, 3.05) is 25.5 Å². The lowest BCUT2D eigenvalue weighted by atomic mass is 10.1. The molecule has 3 aromatic carbocycles. The number of nitrogens with one attached hydrogen (secondary N) is 3. The number of aromatic amines is 1. The van der Waals surface area contributed by atoms with Crippen LogP contribution < -0.4 is 10.6 Å². The Morgan fingerprint density at radius 1 is 0.966 bits per heavy atom. The van der Waals surface area contributed by atoms with E-state index < -0.39 is 29.3 Å². The van der Waals surface area contributed by atoms with Crippen molar-refractivity contribution >= 4 is 57.1 Å². The predicted molar refractivity (Wildman–Crippen MR) is 217 cm³/mol. The maximum Gasteiger partial charge on any atom is 0.305 e. The number of rotatable bonds is 17. The molecular weight excluding hydrogens is 767 g/mol. The van der Waals surface area contributed by atoms with Crippen LogP contribution in [0.15, 0.2) is 100 Å². The van der Waals surface area contributed by atoms with Crippen LogP contribution in [0.3, 0.4) is 0 Å². The minimum Gasteiger partial charge on any atom is -0.481 e. The smallest absolute Gasteiger partial charge is 0.305 e. The molecule has 2 aromatic heterocycles. The minimum atomic E-state index is -3.90. The number of H-pyrrole nitrogens is 1. The number of carboxylic acid groups (broad SMARTS) is 1. The van der Waals surface area contributed by atoms with Crippen LogP contribution in [-0.4, -0.2) is 93.4 Å². The van der Waals surface area contributed by atoms with Crippen LogP contribution in [0.2, 0.25) is 0 Å². The van der Waals surface area contributed by atoms with Gasteiger partial charge in [-0.15, -0.1) is 5.11 Å². The van der Waals surface area contributed by atoms with Gasteiger partial charge in [-0.3, -0.25) is 19.2 Å². The second-order valence-electron chi connectivity index (χ2n) is 13.9. The van der Waals surface area contributed by atoms with E-state index in [0.29, 0.717) is 59.7 Å². The molecule has 0 unspecified atom stereocenters. The van der Waals surface area contributed by atoms with Crippen molar-refractivity contribution in [3.05, 3.63) is 113 Å². The van der Waals surface area contributed by atoms with Gasteiger partial charge in [0.15, 0.2) is 5.82 Å². The summed E-state index contributed by atoms with van der Waals surface area (Å²) in [7, 11) is -2.21. The number of pyridine rings is 1. The lowest BCUT2D eigenvalue weighted by Gasteiger charge is -2.24. The molecule has 3 amide bonds. The summed E-state index contributed by atoms with van der Waals surface area (Å²) in [6.07, 6.45) is 3.87. The summed E-state index contributed by atoms with van der Waals surface area (Å²) in [6.45, 7) is 1.27. The van der Waals surface area contributed by atoms with E-state index in [4.69, 9.17) is 0 Å². The van der Waals surface area contributed by atoms with Gasteiger partial charge in [0.2, 0.25) is 5.91 Å². The lowest BCUT2D eigenvalue weighted by Crippen LogP contribution is -2.42. The van der Waals surface area contributed by atoms with Crippen LogP contribution in [0, 0.1) is 0 Å². The number of aromatic nitrogens is 3. The van der Waals surface area contributed by atoms with Gasteiger partial charge in [0.25, 0.3) is 11.8 Å². The molecular formula is C40H45N9O8S. The standard InChI is InChI=1S/C40H45N9O8S/c1-48(25-36-45-31-11-5-6-12-32(31)46-36)39(53)26-14-16-30-29(20-26)24-49(40(54)33(44-30)21-37(50)51)19-9-3-2-8-18-41-38(52)28-15-17-35(42-22-28)47-43-23-27-10-4-7-13-34(27)58(55,56)57/h4-7,10-17,20,22,33,44,55-57H,2-3,8-9,18-19,21,23-25H2,1H3,(H,41,52)(H,45,46)(H,50,51)/t33-/m0/s1. The fraction of sp³-hybridized carbons (Fsp3) is 0.300. The van der Waals surface area contributed by atoms with Gasteiger partial charge in [0.05, 0.1) is 41.0 Å². The quantitative estimate of drug-likeness (QED) is 0.0385. The molecule has 18 heteroatoms. The van der Waals surface area contributed by atoms with E-state index in [-0.39, 0.29) is 48.1 Å². The molecule has 304 valence electrons. The Bertz CT molecular complexity index is 2260. The highest BCUT2D eigenvalue weighted by Crippen LogP contribution is 2.45. The van der Waals surface area contributed by atoms with Crippen LogP contribution in [-0.2, 0) is 29.2 Å². The first kappa shape index (κ1) is 41.4. The molecule has 0 radical (unpaired) electrons. The van der Waals surface area contributed by atoms with Gasteiger partial charge in [-0.05, 0) is 72.5 Å². The first-order valence-electron chi connectivity index (χ1n) is 18.6. The van der Waals surface area contributed by atoms with Gasteiger partial charge in [0.1, 0.15) is 22.7 Å². The summed E-state index contributed by atoms with van der Waals surface area (Å²) in [6, 6.07) is 21.1.